The van der Waals surface area contributed by atoms with Gasteiger partial charge in [-0.2, -0.15) is 0 Å². The van der Waals surface area contributed by atoms with E-state index in [0.717, 1.165) is 0 Å². The number of hydrogen-bond acceptors (Lipinski definition) is 3. The van der Waals surface area contributed by atoms with Crippen molar-refractivity contribution in [2.75, 3.05) is 13.2 Å². The smallest absolute Gasteiger partial charge is 0.303 e. The van der Waals surface area contributed by atoms with Crippen LogP contribution in [-0.2, 0) is 9.59 Å². The minimum atomic E-state index is -0.829. The molecule has 1 fully saturated rings. The molecule has 2 rings (SSSR count). The Bertz CT molecular complexity index is 633. The van der Waals surface area contributed by atoms with E-state index in [0.29, 0.717) is 38.2 Å². The summed E-state index contributed by atoms with van der Waals surface area (Å²) >= 11 is 0. The Morgan fingerprint density at radius 2 is 2.08 bits per heavy atom. The zero-order valence-electron chi connectivity index (χ0n) is 13.3. The van der Waals surface area contributed by atoms with Gasteiger partial charge in [-0.3, -0.25) is 9.59 Å². The second-order valence-corrected chi connectivity index (χ2v) is 5.68. The molecular formula is C18H20FNO4. The molecule has 6 heteroatoms. The first-order valence-electron chi connectivity index (χ1n) is 7.90. The number of halogens is 1. The Labute approximate surface area is 140 Å². The molecule has 0 unspecified atom stereocenters. The number of aliphatic carboxylic acids is 1. The number of ether oxygens (including phenoxy) is 1. The van der Waals surface area contributed by atoms with E-state index >= 15 is 0 Å². The van der Waals surface area contributed by atoms with Gasteiger partial charge in [-0.25, -0.2) is 4.39 Å². The predicted molar refractivity (Wildman–Crippen MR) is 85.8 cm³/mol. The number of carbonyl (C=O) groups is 2. The average Bonchev–Trinajstić information content (AvgIpc) is 2.90. The van der Waals surface area contributed by atoms with E-state index in [1.807, 2.05) is 0 Å². The van der Waals surface area contributed by atoms with Gasteiger partial charge in [0.05, 0.1) is 12.5 Å². The molecule has 1 heterocycles. The van der Waals surface area contributed by atoms with Gasteiger partial charge in [0.15, 0.2) is 0 Å². The van der Waals surface area contributed by atoms with Crippen LogP contribution in [0.15, 0.2) is 24.3 Å². The first-order valence-corrected chi connectivity index (χ1v) is 7.90. The molecule has 0 spiro atoms. The maximum Gasteiger partial charge on any atom is 0.303 e. The average molecular weight is 333 g/mol. The Balaban J connectivity index is 1.79. The third-order valence-corrected chi connectivity index (χ3v) is 3.86. The molecule has 24 heavy (non-hydrogen) atoms. The van der Waals surface area contributed by atoms with E-state index < -0.39 is 5.97 Å². The molecule has 0 radical (unpaired) electrons. The lowest BCUT2D eigenvalue weighted by Gasteiger charge is -2.15. The standard InChI is InChI=1S/C18H20FNO4/c19-14-7-9-15(10-8-14)24-12-13-11-20-18(23)16(13)5-3-1-2-4-6-17(21)22/h7-10,13,16H,2,4-6,11-12H2,(H,20,23)(H,21,22)/t13-,16-/m1/s1. The third kappa shape index (κ3) is 5.58. The van der Waals surface area contributed by atoms with Crippen molar-refractivity contribution in [1.82, 2.24) is 5.32 Å². The van der Waals surface area contributed by atoms with Crippen LogP contribution in [0.3, 0.4) is 0 Å². The van der Waals surface area contributed by atoms with Crippen molar-refractivity contribution in [3.8, 4) is 17.6 Å². The van der Waals surface area contributed by atoms with Gasteiger partial charge in [0.25, 0.3) is 0 Å². The number of carbonyl (C=O) groups excluding carboxylic acids is 1. The lowest BCUT2D eigenvalue weighted by Crippen LogP contribution is -2.22. The van der Waals surface area contributed by atoms with E-state index in [4.69, 9.17) is 9.84 Å². The number of carboxylic acids is 1. The van der Waals surface area contributed by atoms with Crippen LogP contribution in [-0.4, -0.2) is 30.1 Å². The highest BCUT2D eigenvalue weighted by molar-refractivity contribution is 5.81. The molecule has 2 atom stereocenters. The van der Waals surface area contributed by atoms with E-state index in [9.17, 15) is 14.0 Å². The van der Waals surface area contributed by atoms with Crippen molar-refractivity contribution >= 4 is 11.9 Å². The summed E-state index contributed by atoms with van der Waals surface area (Å²) < 4.78 is 18.5. The van der Waals surface area contributed by atoms with Crippen LogP contribution in [0.4, 0.5) is 4.39 Å². The normalized spacial score (nSPS) is 19.3. The third-order valence-electron chi connectivity index (χ3n) is 3.86. The summed E-state index contributed by atoms with van der Waals surface area (Å²) in [6.07, 6.45) is 1.55. The number of rotatable bonds is 7. The van der Waals surface area contributed by atoms with Gasteiger partial charge in [0.2, 0.25) is 5.91 Å². The molecule has 128 valence electrons. The molecule has 1 aromatic rings. The van der Waals surface area contributed by atoms with Crippen LogP contribution in [0, 0.1) is 29.5 Å². The quantitative estimate of drug-likeness (QED) is 0.593. The van der Waals surface area contributed by atoms with Crippen molar-refractivity contribution in [1.29, 1.82) is 0 Å². The summed E-state index contributed by atoms with van der Waals surface area (Å²) in [5.41, 5.74) is 0. The zero-order valence-corrected chi connectivity index (χ0v) is 13.3. The number of hydrogen-bond donors (Lipinski definition) is 2. The fraction of sp³-hybridized carbons (Fsp3) is 0.444. The van der Waals surface area contributed by atoms with Crippen molar-refractivity contribution < 1.29 is 23.8 Å². The Morgan fingerprint density at radius 1 is 1.33 bits per heavy atom. The summed E-state index contributed by atoms with van der Waals surface area (Å²) in [6.45, 7) is 0.890. The van der Waals surface area contributed by atoms with E-state index in [1.54, 1.807) is 12.1 Å². The van der Waals surface area contributed by atoms with E-state index in [1.165, 1.54) is 12.1 Å². The summed E-state index contributed by atoms with van der Waals surface area (Å²) in [7, 11) is 0. The summed E-state index contributed by atoms with van der Waals surface area (Å²) in [6, 6.07) is 5.76. The molecule has 1 amide bonds. The number of nitrogens with one attached hydrogen (secondary N) is 1. The molecule has 1 aliphatic heterocycles. The van der Waals surface area contributed by atoms with E-state index in [-0.39, 0.29) is 30.0 Å². The van der Waals surface area contributed by atoms with Gasteiger partial charge in [-0.1, -0.05) is 0 Å². The monoisotopic (exact) mass is 333 g/mol. The first-order chi connectivity index (χ1) is 11.6. The van der Waals surface area contributed by atoms with Gasteiger partial charge < -0.3 is 15.2 Å². The van der Waals surface area contributed by atoms with Crippen molar-refractivity contribution in [3.05, 3.63) is 30.1 Å². The Morgan fingerprint density at radius 3 is 2.79 bits per heavy atom. The minimum absolute atomic E-state index is 0.0101. The number of carboxylic acid groups (broad SMARTS) is 1. The highest BCUT2D eigenvalue weighted by Gasteiger charge is 2.34. The summed E-state index contributed by atoms with van der Waals surface area (Å²) in [4.78, 5) is 22.3. The summed E-state index contributed by atoms with van der Waals surface area (Å²) in [5.74, 6) is 5.02. The topological polar surface area (TPSA) is 75.6 Å². The van der Waals surface area contributed by atoms with Crippen LogP contribution in [0.2, 0.25) is 0 Å². The van der Waals surface area contributed by atoms with Crippen LogP contribution in [0.5, 0.6) is 5.75 Å². The van der Waals surface area contributed by atoms with Gasteiger partial charge >= 0.3 is 5.97 Å². The number of unbranched alkanes of at least 4 members (excludes halogenated alkanes) is 1. The van der Waals surface area contributed by atoms with Crippen molar-refractivity contribution in [2.24, 2.45) is 11.8 Å². The van der Waals surface area contributed by atoms with Crippen molar-refractivity contribution in [3.63, 3.8) is 0 Å². The lowest BCUT2D eigenvalue weighted by atomic mass is 9.93. The molecule has 0 saturated carbocycles. The molecule has 5 nitrogen and oxygen atoms in total. The predicted octanol–water partition coefficient (Wildman–Crippen LogP) is 2.22. The largest absolute Gasteiger partial charge is 0.493 e. The maximum atomic E-state index is 12.9. The summed E-state index contributed by atoms with van der Waals surface area (Å²) in [5, 5.41) is 11.4. The minimum Gasteiger partial charge on any atom is -0.493 e. The SMILES string of the molecule is O=C(O)CCCC#CC[C@H]1C(=O)NC[C@@H]1COc1ccc(F)cc1. The highest BCUT2D eigenvalue weighted by atomic mass is 19.1. The zero-order chi connectivity index (χ0) is 17.4. The second kappa shape index (κ2) is 8.92. The van der Waals surface area contributed by atoms with Gasteiger partial charge in [0, 0.05) is 31.7 Å². The Hall–Kier alpha value is -2.55. The van der Waals surface area contributed by atoms with Crippen LogP contribution in [0.1, 0.15) is 25.7 Å². The van der Waals surface area contributed by atoms with Crippen LogP contribution >= 0.6 is 0 Å². The molecule has 1 aliphatic rings. The lowest BCUT2D eigenvalue weighted by molar-refractivity contribution is -0.137. The fourth-order valence-corrected chi connectivity index (χ4v) is 2.49. The van der Waals surface area contributed by atoms with Crippen LogP contribution < -0.4 is 10.1 Å². The number of amides is 1. The molecule has 1 aromatic carbocycles. The molecule has 0 aromatic heterocycles. The molecule has 1 saturated heterocycles. The highest BCUT2D eigenvalue weighted by Crippen LogP contribution is 2.23. The van der Waals surface area contributed by atoms with E-state index in [2.05, 4.69) is 17.2 Å². The molecule has 0 aliphatic carbocycles. The molecule has 0 bridgehead atoms. The number of benzene rings is 1. The van der Waals surface area contributed by atoms with Gasteiger partial charge in [0.1, 0.15) is 11.6 Å². The Kier molecular flexibility index (Phi) is 6.62. The second-order valence-electron chi connectivity index (χ2n) is 5.68. The first kappa shape index (κ1) is 17.8. The molecule has 2 N–H and O–H groups in total. The van der Waals surface area contributed by atoms with Gasteiger partial charge in [-0.15, -0.1) is 11.8 Å². The maximum absolute atomic E-state index is 12.9. The molecular weight excluding hydrogens is 313 g/mol. The van der Waals surface area contributed by atoms with Gasteiger partial charge in [-0.05, 0) is 30.7 Å². The van der Waals surface area contributed by atoms with Crippen LogP contribution in [0.25, 0.3) is 0 Å². The van der Waals surface area contributed by atoms with Crippen molar-refractivity contribution in [2.45, 2.75) is 25.7 Å². The fourth-order valence-electron chi connectivity index (χ4n) is 2.49.